The van der Waals surface area contributed by atoms with Crippen molar-refractivity contribution in [3.05, 3.63) is 46.3 Å². The summed E-state index contributed by atoms with van der Waals surface area (Å²) in [5.41, 5.74) is 7.49. The maximum atomic E-state index is 4.36. The van der Waals surface area contributed by atoms with Crippen LogP contribution >= 0.6 is 0 Å². The molecule has 0 radical (unpaired) electrons. The number of aryl methyl sites for hydroxylation is 5. The number of hydrogen-bond donors (Lipinski definition) is 1. The van der Waals surface area contributed by atoms with Crippen LogP contribution in [0.5, 0.6) is 0 Å². The molecule has 18 heavy (non-hydrogen) atoms. The third kappa shape index (κ3) is 2.55. The molecule has 1 aromatic heterocycles. The van der Waals surface area contributed by atoms with Crippen LogP contribution in [0, 0.1) is 27.7 Å². The van der Waals surface area contributed by atoms with E-state index in [4.69, 9.17) is 0 Å². The van der Waals surface area contributed by atoms with Gasteiger partial charge in [0.25, 0.3) is 0 Å². The molecule has 1 heterocycles. The van der Waals surface area contributed by atoms with Crippen LogP contribution in [0.25, 0.3) is 0 Å². The van der Waals surface area contributed by atoms with Crippen molar-refractivity contribution in [2.45, 2.75) is 34.2 Å². The van der Waals surface area contributed by atoms with Crippen molar-refractivity contribution in [2.75, 3.05) is 5.32 Å². The average Bonchev–Trinajstić information content (AvgIpc) is 2.55. The highest BCUT2D eigenvalue weighted by atomic mass is 15.2. The summed E-state index contributed by atoms with van der Waals surface area (Å²) in [6.45, 7) is 9.31. The first-order chi connectivity index (χ1) is 8.47. The van der Waals surface area contributed by atoms with Gasteiger partial charge < -0.3 is 5.32 Å². The third-order valence-electron chi connectivity index (χ3n) is 3.25. The standard InChI is InChI=1S/C15H21N3/c1-10-6-11(2)15(12(3)7-10)16-8-14-9-18(5)17-13(14)4/h6-7,9,16H,8H2,1-5H3. The zero-order valence-corrected chi connectivity index (χ0v) is 11.8. The maximum Gasteiger partial charge on any atom is 0.0643 e. The predicted molar refractivity (Wildman–Crippen MR) is 75.9 cm³/mol. The van der Waals surface area contributed by atoms with Crippen LogP contribution in [0.2, 0.25) is 0 Å². The lowest BCUT2D eigenvalue weighted by Crippen LogP contribution is -2.03. The largest absolute Gasteiger partial charge is 0.380 e. The van der Waals surface area contributed by atoms with E-state index in [2.05, 4.69) is 49.5 Å². The molecule has 2 aromatic rings. The monoisotopic (exact) mass is 243 g/mol. The van der Waals surface area contributed by atoms with E-state index in [1.807, 2.05) is 18.7 Å². The van der Waals surface area contributed by atoms with Gasteiger partial charge in [0.05, 0.1) is 5.69 Å². The highest BCUT2D eigenvalue weighted by Crippen LogP contribution is 2.22. The Balaban J connectivity index is 2.18. The normalized spacial score (nSPS) is 10.7. The molecule has 0 atom stereocenters. The van der Waals surface area contributed by atoms with E-state index in [-0.39, 0.29) is 0 Å². The van der Waals surface area contributed by atoms with Gasteiger partial charge in [-0.2, -0.15) is 5.10 Å². The van der Waals surface area contributed by atoms with Crippen LogP contribution in [-0.2, 0) is 13.6 Å². The number of aromatic nitrogens is 2. The molecule has 0 saturated heterocycles. The van der Waals surface area contributed by atoms with Crippen molar-refractivity contribution in [1.82, 2.24) is 9.78 Å². The van der Waals surface area contributed by atoms with Gasteiger partial charge in [0.15, 0.2) is 0 Å². The molecule has 0 aliphatic heterocycles. The number of benzene rings is 1. The van der Waals surface area contributed by atoms with Gasteiger partial charge in [-0.15, -0.1) is 0 Å². The topological polar surface area (TPSA) is 29.9 Å². The molecule has 3 heteroatoms. The van der Waals surface area contributed by atoms with Crippen LogP contribution in [0.3, 0.4) is 0 Å². The van der Waals surface area contributed by atoms with Gasteiger partial charge in [0, 0.05) is 31.0 Å². The van der Waals surface area contributed by atoms with Crippen LogP contribution in [0.15, 0.2) is 18.3 Å². The Morgan fingerprint density at radius 3 is 2.22 bits per heavy atom. The summed E-state index contributed by atoms with van der Waals surface area (Å²) in [7, 11) is 1.96. The van der Waals surface area contributed by atoms with Gasteiger partial charge in [-0.25, -0.2) is 0 Å². The quantitative estimate of drug-likeness (QED) is 0.896. The fourth-order valence-electron chi connectivity index (χ4n) is 2.46. The Labute approximate surface area is 109 Å². The number of nitrogens with zero attached hydrogens (tertiary/aromatic N) is 2. The van der Waals surface area contributed by atoms with Crippen molar-refractivity contribution in [2.24, 2.45) is 7.05 Å². The van der Waals surface area contributed by atoms with Crippen LogP contribution < -0.4 is 5.32 Å². The highest BCUT2D eigenvalue weighted by Gasteiger charge is 2.06. The van der Waals surface area contributed by atoms with Gasteiger partial charge in [-0.05, 0) is 38.8 Å². The molecule has 96 valence electrons. The molecule has 0 fully saturated rings. The first kappa shape index (κ1) is 12.7. The molecule has 0 saturated carbocycles. The minimum absolute atomic E-state index is 0.824. The zero-order valence-electron chi connectivity index (χ0n) is 11.8. The molecule has 0 spiro atoms. The van der Waals surface area contributed by atoms with Crippen LogP contribution in [-0.4, -0.2) is 9.78 Å². The number of rotatable bonds is 3. The molecule has 0 amide bonds. The first-order valence-corrected chi connectivity index (χ1v) is 6.28. The molecule has 3 nitrogen and oxygen atoms in total. The smallest absolute Gasteiger partial charge is 0.0643 e. The van der Waals surface area contributed by atoms with E-state index in [0.29, 0.717) is 0 Å². The molecule has 0 bridgehead atoms. The van der Waals surface area contributed by atoms with Crippen molar-refractivity contribution in [3.63, 3.8) is 0 Å². The van der Waals surface area contributed by atoms with E-state index in [1.54, 1.807) is 0 Å². The summed E-state index contributed by atoms with van der Waals surface area (Å²) in [5.74, 6) is 0. The Bertz CT molecular complexity index is 544. The summed E-state index contributed by atoms with van der Waals surface area (Å²) < 4.78 is 1.86. The Kier molecular flexibility index (Phi) is 3.41. The summed E-state index contributed by atoms with van der Waals surface area (Å²) in [5, 5.41) is 7.88. The molecular formula is C15H21N3. The van der Waals surface area contributed by atoms with Gasteiger partial charge in [-0.3, -0.25) is 4.68 Å². The Morgan fingerprint density at radius 2 is 1.72 bits per heavy atom. The van der Waals surface area contributed by atoms with E-state index in [0.717, 1.165) is 12.2 Å². The average molecular weight is 243 g/mol. The zero-order chi connectivity index (χ0) is 13.3. The van der Waals surface area contributed by atoms with Crippen molar-refractivity contribution >= 4 is 5.69 Å². The van der Waals surface area contributed by atoms with Gasteiger partial charge in [0.1, 0.15) is 0 Å². The minimum atomic E-state index is 0.824. The Hall–Kier alpha value is -1.77. The molecule has 0 unspecified atom stereocenters. The van der Waals surface area contributed by atoms with Crippen LogP contribution in [0.4, 0.5) is 5.69 Å². The summed E-state index contributed by atoms with van der Waals surface area (Å²) >= 11 is 0. The molecule has 0 aliphatic rings. The van der Waals surface area contributed by atoms with Crippen molar-refractivity contribution in [1.29, 1.82) is 0 Å². The van der Waals surface area contributed by atoms with E-state index >= 15 is 0 Å². The number of hydrogen-bond acceptors (Lipinski definition) is 2. The molecule has 1 aromatic carbocycles. The summed E-state index contributed by atoms with van der Waals surface area (Å²) in [6, 6.07) is 4.43. The predicted octanol–water partition coefficient (Wildman–Crippen LogP) is 3.27. The Morgan fingerprint density at radius 1 is 1.11 bits per heavy atom. The first-order valence-electron chi connectivity index (χ1n) is 6.28. The number of nitrogens with one attached hydrogen (secondary N) is 1. The van der Waals surface area contributed by atoms with Gasteiger partial charge >= 0.3 is 0 Å². The van der Waals surface area contributed by atoms with E-state index in [9.17, 15) is 0 Å². The summed E-state index contributed by atoms with van der Waals surface area (Å²) in [4.78, 5) is 0. The van der Waals surface area contributed by atoms with E-state index in [1.165, 1.54) is 27.9 Å². The second-order valence-corrected chi connectivity index (χ2v) is 5.04. The van der Waals surface area contributed by atoms with Crippen molar-refractivity contribution in [3.8, 4) is 0 Å². The number of anilines is 1. The molecule has 2 rings (SSSR count). The molecule has 0 aliphatic carbocycles. The lowest BCUT2D eigenvalue weighted by Gasteiger charge is -2.13. The second kappa shape index (κ2) is 4.84. The molecular weight excluding hydrogens is 222 g/mol. The second-order valence-electron chi connectivity index (χ2n) is 5.04. The van der Waals surface area contributed by atoms with Crippen molar-refractivity contribution < 1.29 is 0 Å². The maximum absolute atomic E-state index is 4.36. The van der Waals surface area contributed by atoms with Gasteiger partial charge in [-0.1, -0.05) is 17.7 Å². The van der Waals surface area contributed by atoms with E-state index < -0.39 is 0 Å². The molecule has 1 N–H and O–H groups in total. The fourth-order valence-corrected chi connectivity index (χ4v) is 2.46. The minimum Gasteiger partial charge on any atom is -0.380 e. The van der Waals surface area contributed by atoms with Crippen LogP contribution in [0.1, 0.15) is 27.9 Å². The SMILES string of the molecule is Cc1cc(C)c(NCc2cn(C)nc2C)c(C)c1. The van der Waals surface area contributed by atoms with Gasteiger partial charge in [0.2, 0.25) is 0 Å². The highest BCUT2D eigenvalue weighted by molar-refractivity contribution is 5.58. The fraction of sp³-hybridized carbons (Fsp3) is 0.400. The third-order valence-corrected chi connectivity index (χ3v) is 3.25. The lowest BCUT2D eigenvalue weighted by atomic mass is 10.0. The summed E-state index contributed by atoms with van der Waals surface area (Å²) in [6.07, 6.45) is 2.07. The lowest BCUT2D eigenvalue weighted by molar-refractivity contribution is 0.756.